The Bertz CT molecular complexity index is 708. The molecule has 1 unspecified atom stereocenters. The highest BCUT2D eigenvalue weighted by molar-refractivity contribution is 7.16. The minimum atomic E-state index is 0.223. The number of hydrogen-bond acceptors (Lipinski definition) is 3. The minimum Gasteiger partial charge on any atom is -0.376 e. The number of halogens is 1. The molecule has 0 spiro atoms. The van der Waals surface area contributed by atoms with Gasteiger partial charge in [0.05, 0.1) is 27.8 Å². The SMILES string of the molecule is CC(Nc1cnc2ccccc2c1)c1ccc(Cl)s1. The van der Waals surface area contributed by atoms with Crippen molar-refractivity contribution in [3.8, 4) is 0 Å². The van der Waals surface area contributed by atoms with E-state index in [1.54, 1.807) is 11.3 Å². The normalized spacial score (nSPS) is 12.5. The lowest BCUT2D eigenvalue weighted by atomic mass is 10.2. The van der Waals surface area contributed by atoms with Crippen LogP contribution >= 0.6 is 22.9 Å². The van der Waals surface area contributed by atoms with Crippen molar-refractivity contribution in [3.05, 3.63) is 57.9 Å². The zero-order chi connectivity index (χ0) is 13.2. The molecule has 1 N–H and O–H groups in total. The second kappa shape index (κ2) is 5.19. The van der Waals surface area contributed by atoms with E-state index in [1.165, 1.54) is 4.88 Å². The van der Waals surface area contributed by atoms with Crippen molar-refractivity contribution in [1.29, 1.82) is 0 Å². The zero-order valence-corrected chi connectivity index (χ0v) is 12.0. The van der Waals surface area contributed by atoms with Crippen LogP contribution in [-0.2, 0) is 0 Å². The van der Waals surface area contributed by atoms with Crippen LogP contribution < -0.4 is 5.32 Å². The Labute approximate surface area is 121 Å². The molecule has 0 aliphatic heterocycles. The van der Waals surface area contributed by atoms with Gasteiger partial charge in [0.25, 0.3) is 0 Å². The summed E-state index contributed by atoms with van der Waals surface area (Å²) in [6, 6.07) is 14.4. The molecule has 0 fully saturated rings. The van der Waals surface area contributed by atoms with Crippen LogP contribution in [0.1, 0.15) is 17.8 Å². The molecule has 0 bridgehead atoms. The molecule has 0 saturated carbocycles. The number of aromatic nitrogens is 1. The van der Waals surface area contributed by atoms with Gasteiger partial charge in [-0.15, -0.1) is 11.3 Å². The molecule has 19 heavy (non-hydrogen) atoms. The first-order valence-corrected chi connectivity index (χ1v) is 7.28. The van der Waals surface area contributed by atoms with Gasteiger partial charge in [0, 0.05) is 10.3 Å². The van der Waals surface area contributed by atoms with Crippen LogP contribution in [0.3, 0.4) is 0 Å². The van der Waals surface area contributed by atoms with E-state index in [0.29, 0.717) is 0 Å². The van der Waals surface area contributed by atoms with Crippen LogP contribution in [0.15, 0.2) is 48.7 Å². The van der Waals surface area contributed by atoms with Crippen LogP contribution in [0.5, 0.6) is 0 Å². The number of thiophene rings is 1. The van der Waals surface area contributed by atoms with Gasteiger partial charge >= 0.3 is 0 Å². The van der Waals surface area contributed by atoms with Gasteiger partial charge in [-0.1, -0.05) is 29.8 Å². The van der Waals surface area contributed by atoms with Gasteiger partial charge in [0.1, 0.15) is 0 Å². The molecule has 1 atom stereocenters. The summed E-state index contributed by atoms with van der Waals surface area (Å²) >= 11 is 7.57. The quantitative estimate of drug-likeness (QED) is 0.723. The van der Waals surface area contributed by atoms with Crippen LogP contribution in [-0.4, -0.2) is 4.98 Å². The summed E-state index contributed by atoms with van der Waals surface area (Å²) < 4.78 is 0.820. The van der Waals surface area contributed by atoms with Crippen molar-refractivity contribution in [3.63, 3.8) is 0 Å². The fourth-order valence-electron chi connectivity index (χ4n) is 2.03. The lowest BCUT2D eigenvalue weighted by Gasteiger charge is -2.13. The van der Waals surface area contributed by atoms with Crippen molar-refractivity contribution < 1.29 is 0 Å². The van der Waals surface area contributed by atoms with E-state index >= 15 is 0 Å². The van der Waals surface area contributed by atoms with Gasteiger partial charge < -0.3 is 5.32 Å². The van der Waals surface area contributed by atoms with Gasteiger partial charge in [-0.2, -0.15) is 0 Å². The number of fused-ring (bicyclic) bond motifs is 1. The third kappa shape index (κ3) is 2.72. The maximum atomic E-state index is 5.96. The van der Waals surface area contributed by atoms with Crippen molar-refractivity contribution in [2.45, 2.75) is 13.0 Å². The number of hydrogen-bond donors (Lipinski definition) is 1. The average molecular weight is 289 g/mol. The van der Waals surface area contributed by atoms with Gasteiger partial charge in [-0.25, -0.2) is 0 Å². The Morgan fingerprint density at radius 3 is 2.84 bits per heavy atom. The molecular weight excluding hydrogens is 276 g/mol. The van der Waals surface area contributed by atoms with Gasteiger partial charge in [0.15, 0.2) is 0 Å². The van der Waals surface area contributed by atoms with Crippen LogP contribution in [0, 0.1) is 0 Å². The van der Waals surface area contributed by atoms with Crippen LogP contribution in [0.25, 0.3) is 10.9 Å². The maximum absolute atomic E-state index is 5.96. The zero-order valence-electron chi connectivity index (χ0n) is 10.4. The second-order valence-electron chi connectivity index (χ2n) is 4.42. The van der Waals surface area contributed by atoms with Crippen LogP contribution in [0.2, 0.25) is 4.34 Å². The summed E-state index contributed by atoms with van der Waals surface area (Å²) in [5.41, 5.74) is 2.04. The molecule has 4 heteroatoms. The largest absolute Gasteiger partial charge is 0.376 e. The number of rotatable bonds is 3. The molecular formula is C15H13ClN2S. The summed E-state index contributed by atoms with van der Waals surface area (Å²) in [5.74, 6) is 0. The third-order valence-electron chi connectivity index (χ3n) is 2.99. The smallest absolute Gasteiger partial charge is 0.0932 e. The summed E-state index contributed by atoms with van der Waals surface area (Å²) in [7, 11) is 0. The predicted octanol–water partition coefficient (Wildman–Crippen LogP) is 5.12. The monoisotopic (exact) mass is 288 g/mol. The Kier molecular flexibility index (Phi) is 3.40. The third-order valence-corrected chi connectivity index (χ3v) is 4.41. The average Bonchev–Trinajstić information content (AvgIpc) is 2.85. The maximum Gasteiger partial charge on any atom is 0.0932 e. The Hall–Kier alpha value is -1.58. The summed E-state index contributed by atoms with van der Waals surface area (Å²) in [6.07, 6.45) is 1.87. The Morgan fingerprint density at radius 1 is 1.21 bits per heavy atom. The highest BCUT2D eigenvalue weighted by Crippen LogP contribution is 2.29. The first kappa shape index (κ1) is 12.5. The van der Waals surface area contributed by atoms with E-state index < -0.39 is 0 Å². The molecule has 1 aromatic carbocycles. The highest BCUT2D eigenvalue weighted by Gasteiger charge is 2.08. The lowest BCUT2D eigenvalue weighted by molar-refractivity contribution is 0.907. The Balaban J connectivity index is 1.84. The van der Waals surface area contributed by atoms with Crippen LogP contribution in [0.4, 0.5) is 5.69 Å². The van der Waals surface area contributed by atoms with Crippen molar-refractivity contribution in [2.75, 3.05) is 5.32 Å². The molecule has 0 aliphatic carbocycles. The molecule has 0 amide bonds. The van der Waals surface area contributed by atoms with Crippen molar-refractivity contribution in [2.24, 2.45) is 0 Å². The molecule has 96 valence electrons. The summed E-state index contributed by atoms with van der Waals surface area (Å²) in [6.45, 7) is 2.12. The van der Waals surface area contributed by atoms with E-state index in [4.69, 9.17) is 11.6 Å². The van der Waals surface area contributed by atoms with Crippen molar-refractivity contribution in [1.82, 2.24) is 4.98 Å². The van der Waals surface area contributed by atoms with Gasteiger partial charge in [0.2, 0.25) is 0 Å². The topological polar surface area (TPSA) is 24.9 Å². The number of para-hydroxylation sites is 1. The molecule has 2 nitrogen and oxygen atoms in total. The number of benzene rings is 1. The van der Waals surface area contributed by atoms with Gasteiger partial charge in [-0.05, 0) is 31.2 Å². The molecule has 0 aliphatic rings. The highest BCUT2D eigenvalue weighted by atomic mass is 35.5. The van der Waals surface area contributed by atoms with Crippen molar-refractivity contribution >= 4 is 39.5 Å². The molecule has 0 saturated heterocycles. The van der Waals surface area contributed by atoms with Gasteiger partial charge in [-0.3, -0.25) is 4.98 Å². The summed E-state index contributed by atoms with van der Waals surface area (Å²) in [4.78, 5) is 5.67. The predicted molar refractivity (Wildman–Crippen MR) is 83.1 cm³/mol. The first-order valence-electron chi connectivity index (χ1n) is 6.09. The number of nitrogens with one attached hydrogen (secondary N) is 1. The standard InChI is InChI=1S/C15H13ClN2S/c1-10(14-6-7-15(16)19-14)18-12-8-11-4-2-3-5-13(11)17-9-12/h2-10,18H,1H3. The second-order valence-corrected chi connectivity index (χ2v) is 6.17. The molecule has 2 aromatic heterocycles. The molecule has 3 rings (SSSR count). The molecule has 0 radical (unpaired) electrons. The van der Waals surface area contributed by atoms with E-state index in [0.717, 1.165) is 20.9 Å². The minimum absolute atomic E-state index is 0.223. The molecule has 2 heterocycles. The Morgan fingerprint density at radius 2 is 2.05 bits per heavy atom. The van der Waals surface area contributed by atoms with E-state index in [2.05, 4.69) is 35.4 Å². The number of nitrogens with zero attached hydrogens (tertiary/aromatic N) is 1. The summed E-state index contributed by atoms with van der Waals surface area (Å²) in [5, 5.41) is 4.60. The van der Waals surface area contributed by atoms with E-state index in [1.807, 2.05) is 30.5 Å². The lowest BCUT2D eigenvalue weighted by Crippen LogP contribution is -2.04. The fourth-order valence-corrected chi connectivity index (χ4v) is 3.10. The first-order chi connectivity index (χ1) is 9.22. The number of anilines is 1. The van der Waals surface area contributed by atoms with E-state index in [-0.39, 0.29) is 6.04 Å². The number of pyridine rings is 1. The van der Waals surface area contributed by atoms with E-state index in [9.17, 15) is 0 Å². The fraction of sp³-hybridized carbons (Fsp3) is 0.133. The molecule has 3 aromatic rings.